The van der Waals surface area contributed by atoms with Crippen molar-refractivity contribution < 1.29 is 5.11 Å². The van der Waals surface area contributed by atoms with Gasteiger partial charge in [-0.2, -0.15) is 0 Å². The van der Waals surface area contributed by atoms with Crippen LogP contribution in [0.3, 0.4) is 0 Å². The zero-order valence-electron chi connectivity index (χ0n) is 5.91. The molecule has 0 saturated carbocycles. The molecule has 0 amide bonds. The Morgan fingerprint density at radius 2 is 2.36 bits per heavy atom. The third-order valence-corrected chi connectivity index (χ3v) is 1.71. The lowest BCUT2D eigenvalue weighted by molar-refractivity contribution is 0.278. The Balaban J connectivity index is 2.79. The van der Waals surface area contributed by atoms with E-state index in [-0.39, 0.29) is 6.61 Å². The van der Waals surface area contributed by atoms with E-state index in [2.05, 4.69) is 9.97 Å². The van der Waals surface area contributed by atoms with Crippen molar-refractivity contribution in [1.29, 1.82) is 0 Å². The van der Waals surface area contributed by atoms with E-state index in [0.717, 1.165) is 16.6 Å². The number of nitrogens with zero attached hydrogens (tertiary/aromatic N) is 1. The first kappa shape index (κ1) is 6.37. The Kier molecular flexibility index (Phi) is 1.36. The van der Waals surface area contributed by atoms with Crippen LogP contribution in [0.1, 0.15) is 5.69 Å². The van der Waals surface area contributed by atoms with Gasteiger partial charge < -0.3 is 10.1 Å². The smallest absolute Gasteiger partial charge is 0.0859 e. The summed E-state index contributed by atoms with van der Waals surface area (Å²) in [5, 5.41) is 9.87. The largest absolute Gasteiger partial charge is 0.390 e. The van der Waals surface area contributed by atoms with Gasteiger partial charge in [0.15, 0.2) is 0 Å². The molecule has 0 aromatic carbocycles. The summed E-state index contributed by atoms with van der Waals surface area (Å²) in [5.41, 5.74) is 1.74. The number of aliphatic hydroxyl groups is 1. The van der Waals surface area contributed by atoms with E-state index < -0.39 is 0 Å². The normalized spacial score (nSPS) is 10.6. The summed E-state index contributed by atoms with van der Waals surface area (Å²) in [5.74, 6) is 0. The van der Waals surface area contributed by atoms with Gasteiger partial charge in [-0.25, -0.2) is 0 Å². The minimum Gasteiger partial charge on any atom is -0.390 e. The first-order valence-electron chi connectivity index (χ1n) is 3.43. The second-order valence-electron chi connectivity index (χ2n) is 2.35. The zero-order valence-corrected chi connectivity index (χ0v) is 5.91. The number of aromatic nitrogens is 2. The average Bonchev–Trinajstić information content (AvgIpc) is 2.50. The van der Waals surface area contributed by atoms with Crippen LogP contribution in [0.15, 0.2) is 24.5 Å². The molecule has 2 aromatic rings. The van der Waals surface area contributed by atoms with Crippen LogP contribution in [0.2, 0.25) is 0 Å². The van der Waals surface area contributed by atoms with E-state index in [1.165, 1.54) is 0 Å². The minimum absolute atomic E-state index is 0.00477. The summed E-state index contributed by atoms with van der Waals surface area (Å²) in [7, 11) is 0. The molecule has 0 aliphatic rings. The van der Waals surface area contributed by atoms with Crippen LogP contribution in [0.25, 0.3) is 10.9 Å². The van der Waals surface area contributed by atoms with Crippen molar-refractivity contribution in [3.05, 3.63) is 30.2 Å². The first-order chi connectivity index (χ1) is 5.42. The van der Waals surface area contributed by atoms with E-state index in [1.807, 2.05) is 18.3 Å². The number of hydrogen-bond acceptors (Lipinski definition) is 2. The van der Waals surface area contributed by atoms with Crippen LogP contribution in [0.5, 0.6) is 0 Å². The van der Waals surface area contributed by atoms with Crippen LogP contribution in [0.4, 0.5) is 0 Å². The van der Waals surface area contributed by atoms with Gasteiger partial charge in [0.1, 0.15) is 0 Å². The molecule has 11 heavy (non-hydrogen) atoms. The number of nitrogens with one attached hydrogen (secondary N) is 1. The summed E-state index contributed by atoms with van der Waals surface area (Å²) >= 11 is 0. The molecular weight excluding hydrogens is 140 g/mol. The third-order valence-electron chi connectivity index (χ3n) is 1.71. The number of aromatic amines is 1. The van der Waals surface area contributed by atoms with Crippen molar-refractivity contribution in [2.75, 3.05) is 0 Å². The lowest BCUT2D eigenvalue weighted by Crippen LogP contribution is -1.87. The molecule has 3 heteroatoms. The number of rotatable bonds is 1. The Bertz CT molecular complexity index is 367. The summed E-state index contributed by atoms with van der Waals surface area (Å²) in [4.78, 5) is 7.07. The maximum Gasteiger partial charge on any atom is 0.0859 e. The molecule has 0 saturated heterocycles. The highest BCUT2D eigenvalue weighted by Gasteiger charge is 1.99. The van der Waals surface area contributed by atoms with Gasteiger partial charge in [0.25, 0.3) is 0 Å². The van der Waals surface area contributed by atoms with Gasteiger partial charge in [-0.3, -0.25) is 4.98 Å². The van der Waals surface area contributed by atoms with E-state index in [9.17, 15) is 0 Å². The average molecular weight is 148 g/mol. The summed E-state index contributed by atoms with van der Waals surface area (Å²) in [6.07, 6.45) is 3.52. The van der Waals surface area contributed by atoms with Gasteiger partial charge >= 0.3 is 0 Å². The van der Waals surface area contributed by atoms with E-state index in [1.54, 1.807) is 6.20 Å². The predicted molar refractivity (Wildman–Crippen MR) is 42.0 cm³/mol. The molecule has 56 valence electrons. The highest BCUT2D eigenvalue weighted by atomic mass is 16.3. The Labute approximate surface area is 63.7 Å². The van der Waals surface area contributed by atoms with Crippen molar-refractivity contribution in [3.63, 3.8) is 0 Å². The molecule has 0 spiro atoms. The molecule has 2 N–H and O–H groups in total. The molecule has 0 atom stereocenters. The molecule has 2 aromatic heterocycles. The SMILES string of the molecule is OCc1nccc2[nH]ccc12. The quantitative estimate of drug-likeness (QED) is 0.635. The van der Waals surface area contributed by atoms with Gasteiger partial charge in [0.05, 0.1) is 12.3 Å². The molecular formula is C8H8N2O. The van der Waals surface area contributed by atoms with E-state index >= 15 is 0 Å². The number of aliphatic hydroxyl groups excluding tert-OH is 1. The van der Waals surface area contributed by atoms with Gasteiger partial charge in [-0.1, -0.05) is 0 Å². The van der Waals surface area contributed by atoms with E-state index in [0.29, 0.717) is 0 Å². The third kappa shape index (κ3) is 0.897. The molecule has 0 aliphatic carbocycles. The summed E-state index contributed by atoms with van der Waals surface area (Å²) in [6.45, 7) is -0.00477. The molecule has 0 fully saturated rings. The van der Waals surface area contributed by atoms with Crippen LogP contribution in [0, 0.1) is 0 Å². The lowest BCUT2D eigenvalue weighted by Gasteiger charge is -1.95. The zero-order chi connectivity index (χ0) is 7.68. The Morgan fingerprint density at radius 3 is 3.18 bits per heavy atom. The molecule has 2 heterocycles. The number of fused-ring (bicyclic) bond motifs is 1. The van der Waals surface area contributed by atoms with E-state index in [4.69, 9.17) is 5.11 Å². The second-order valence-corrected chi connectivity index (χ2v) is 2.35. The lowest BCUT2D eigenvalue weighted by atomic mass is 10.2. The number of H-pyrrole nitrogens is 1. The highest BCUT2D eigenvalue weighted by molar-refractivity contribution is 5.81. The number of hydrogen-bond donors (Lipinski definition) is 2. The maximum atomic E-state index is 8.88. The fraction of sp³-hybridized carbons (Fsp3) is 0.125. The molecule has 2 rings (SSSR count). The van der Waals surface area contributed by atoms with Crippen molar-refractivity contribution in [2.45, 2.75) is 6.61 Å². The molecule has 0 aliphatic heterocycles. The second kappa shape index (κ2) is 2.36. The van der Waals surface area contributed by atoms with Gasteiger partial charge in [-0.05, 0) is 12.1 Å². The predicted octanol–water partition coefficient (Wildman–Crippen LogP) is 1.06. The van der Waals surface area contributed by atoms with Crippen molar-refractivity contribution in [2.24, 2.45) is 0 Å². The standard InChI is InChI=1S/C8H8N2O/c11-5-8-6-1-3-9-7(6)2-4-10-8/h1-4,9,11H,5H2. The molecule has 0 unspecified atom stereocenters. The number of pyridine rings is 1. The van der Waals surface area contributed by atoms with Crippen molar-refractivity contribution in [3.8, 4) is 0 Å². The van der Waals surface area contributed by atoms with Crippen molar-refractivity contribution in [1.82, 2.24) is 9.97 Å². The van der Waals surface area contributed by atoms with Crippen LogP contribution in [-0.4, -0.2) is 15.1 Å². The Hall–Kier alpha value is -1.35. The summed E-state index contributed by atoms with van der Waals surface area (Å²) in [6, 6.07) is 3.79. The minimum atomic E-state index is -0.00477. The van der Waals surface area contributed by atoms with Crippen LogP contribution >= 0.6 is 0 Å². The monoisotopic (exact) mass is 148 g/mol. The van der Waals surface area contributed by atoms with Gasteiger partial charge in [0, 0.05) is 23.3 Å². The molecule has 3 nitrogen and oxygen atoms in total. The maximum absolute atomic E-state index is 8.88. The molecule has 0 radical (unpaired) electrons. The van der Waals surface area contributed by atoms with Crippen LogP contribution < -0.4 is 0 Å². The van der Waals surface area contributed by atoms with Gasteiger partial charge in [0.2, 0.25) is 0 Å². The highest BCUT2D eigenvalue weighted by Crippen LogP contribution is 2.14. The van der Waals surface area contributed by atoms with Gasteiger partial charge in [-0.15, -0.1) is 0 Å². The fourth-order valence-electron chi connectivity index (χ4n) is 1.17. The fourth-order valence-corrected chi connectivity index (χ4v) is 1.17. The van der Waals surface area contributed by atoms with Crippen molar-refractivity contribution >= 4 is 10.9 Å². The molecule has 0 bridgehead atoms. The topological polar surface area (TPSA) is 48.9 Å². The first-order valence-corrected chi connectivity index (χ1v) is 3.43. The Morgan fingerprint density at radius 1 is 1.45 bits per heavy atom. The van der Waals surface area contributed by atoms with Crippen LogP contribution in [-0.2, 0) is 6.61 Å². The summed E-state index contributed by atoms with van der Waals surface area (Å²) < 4.78 is 0.